The molecule has 1 aromatic rings. The summed E-state index contributed by atoms with van der Waals surface area (Å²) in [5.74, 6) is 0. The van der Waals surface area contributed by atoms with E-state index in [1.165, 1.54) is 28.0 Å². The Kier molecular flexibility index (Phi) is 1.84. The number of aliphatic imine (C=N–C) groups is 1. The topological polar surface area (TPSA) is 12.4 Å². The molecule has 1 aromatic carbocycles. The van der Waals surface area contributed by atoms with E-state index in [9.17, 15) is 0 Å². The largest absolute Gasteiger partial charge is 0.261 e. The molecule has 0 saturated heterocycles. The van der Waals surface area contributed by atoms with Gasteiger partial charge in [-0.1, -0.05) is 31.2 Å². The molecule has 0 atom stereocenters. The first-order valence-electron chi connectivity index (χ1n) is 5.45. The van der Waals surface area contributed by atoms with Crippen molar-refractivity contribution in [3.63, 3.8) is 0 Å². The van der Waals surface area contributed by atoms with E-state index < -0.39 is 0 Å². The average molecular weight is 195 g/mol. The van der Waals surface area contributed by atoms with E-state index in [0.717, 1.165) is 12.8 Å². The van der Waals surface area contributed by atoms with Crippen LogP contribution in [-0.2, 0) is 0 Å². The molecule has 1 heterocycles. The number of hydrogen-bond acceptors (Lipinski definition) is 1. The van der Waals surface area contributed by atoms with Gasteiger partial charge in [0.15, 0.2) is 0 Å². The van der Waals surface area contributed by atoms with Crippen molar-refractivity contribution in [2.45, 2.75) is 19.8 Å². The number of nitrogens with zero attached hydrogens (tertiary/aromatic N) is 1. The molecule has 0 saturated carbocycles. The highest BCUT2D eigenvalue weighted by molar-refractivity contribution is 5.96. The summed E-state index contributed by atoms with van der Waals surface area (Å²) in [6, 6.07) is 8.65. The van der Waals surface area contributed by atoms with Gasteiger partial charge >= 0.3 is 0 Å². The van der Waals surface area contributed by atoms with Crippen LogP contribution in [0.3, 0.4) is 0 Å². The molecule has 0 fully saturated rings. The third-order valence-electron chi connectivity index (χ3n) is 3.16. The molecule has 1 heteroatoms. The van der Waals surface area contributed by atoms with E-state index >= 15 is 0 Å². The van der Waals surface area contributed by atoms with Crippen molar-refractivity contribution >= 4 is 17.4 Å². The van der Waals surface area contributed by atoms with Crippen LogP contribution >= 0.6 is 0 Å². The molecular formula is C14H13N. The molecule has 2 aliphatic rings. The number of allylic oxidation sites excluding steroid dienone is 3. The maximum Gasteiger partial charge on any atom is 0.0485 e. The van der Waals surface area contributed by atoms with Crippen molar-refractivity contribution < 1.29 is 0 Å². The highest BCUT2D eigenvalue weighted by Gasteiger charge is 2.21. The molecule has 0 unspecified atom stereocenters. The van der Waals surface area contributed by atoms with Crippen LogP contribution in [0.5, 0.6) is 0 Å². The number of hydrogen-bond donors (Lipinski definition) is 0. The monoisotopic (exact) mass is 195 g/mol. The first-order chi connectivity index (χ1) is 7.40. The van der Waals surface area contributed by atoms with E-state index in [1.54, 1.807) is 0 Å². The number of benzene rings is 1. The summed E-state index contributed by atoms with van der Waals surface area (Å²) in [7, 11) is 0. The SMILES string of the molecule is CCC1=C2CC(=CC=N2)c2ccccc21. The van der Waals surface area contributed by atoms with Crippen LogP contribution in [0.4, 0.5) is 0 Å². The standard InChI is InChI=1S/C14H13N/c1-2-11-13-6-4-3-5-12(13)10-7-8-15-14(11)9-10/h3-8H,2,9H2,1H3. The average Bonchev–Trinajstić information content (AvgIpc) is 2.30. The van der Waals surface area contributed by atoms with E-state index in [2.05, 4.69) is 42.3 Å². The van der Waals surface area contributed by atoms with Crippen molar-refractivity contribution in [3.8, 4) is 0 Å². The molecule has 2 bridgehead atoms. The number of rotatable bonds is 1. The summed E-state index contributed by atoms with van der Waals surface area (Å²) in [5.41, 5.74) is 6.86. The van der Waals surface area contributed by atoms with Crippen LogP contribution < -0.4 is 0 Å². The highest BCUT2D eigenvalue weighted by atomic mass is 14.7. The smallest absolute Gasteiger partial charge is 0.0485 e. The van der Waals surface area contributed by atoms with E-state index in [4.69, 9.17) is 0 Å². The summed E-state index contributed by atoms with van der Waals surface area (Å²) < 4.78 is 0. The highest BCUT2D eigenvalue weighted by Crippen LogP contribution is 2.40. The molecule has 3 rings (SSSR count). The third-order valence-corrected chi connectivity index (χ3v) is 3.16. The van der Waals surface area contributed by atoms with Gasteiger partial charge in [0, 0.05) is 18.3 Å². The van der Waals surface area contributed by atoms with Gasteiger partial charge in [0.25, 0.3) is 0 Å². The maximum absolute atomic E-state index is 4.48. The van der Waals surface area contributed by atoms with Crippen molar-refractivity contribution in [1.29, 1.82) is 0 Å². The maximum atomic E-state index is 4.48. The molecule has 1 aliphatic carbocycles. The van der Waals surface area contributed by atoms with Gasteiger partial charge in [-0.05, 0) is 34.8 Å². The Balaban J connectivity index is 2.32. The Labute approximate surface area is 89.9 Å². The lowest BCUT2D eigenvalue weighted by Crippen LogP contribution is -2.06. The van der Waals surface area contributed by atoms with Crippen LogP contribution in [-0.4, -0.2) is 6.21 Å². The zero-order chi connectivity index (χ0) is 10.3. The molecule has 15 heavy (non-hydrogen) atoms. The number of fused-ring (bicyclic) bond motifs is 4. The van der Waals surface area contributed by atoms with Crippen LogP contribution in [0.15, 0.2) is 41.0 Å². The second-order valence-electron chi connectivity index (χ2n) is 3.97. The Morgan fingerprint density at radius 2 is 2.00 bits per heavy atom. The van der Waals surface area contributed by atoms with Gasteiger partial charge in [-0.2, -0.15) is 0 Å². The Morgan fingerprint density at radius 3 is 2.80 bits per heavy atom. The van der Waals surface area contributed by atoms with E-state index in [1.807, 2.05) is 6.21 Å². The molecular weight excluding hydrogens is 182 g/mol. The van der Waals surface area contributed by atoms with Gasteiger partial charge in [0.05, 0.1) is 0 Å². The van der Waals surface area contributed by atoms with Gasteiger partial charge in [-0.3, -0.25) is 4.99 Å². The van der Waals surface area contributed by atoms with E-state index in [-0.39, 0.29) is 0 Å². The zero-order valence-electron chi connectivity index (χ0n) is 8.83. The molecule has 74 valence electrons. The second-order valence-corrected chi connectivity index (χ2v) is 3.97. The van der Waals surface area contributed by atoms with Gasteiger partial charge in [0.1, 0.15) is 0 Å². The van der Waals surface area contributed by atoms with Crippen LogP contribution in [0.1, 0.15) is 30.9 Å². The van der Waals surface area contributed by atoms with Gasteiger partial charge in [0.2, 0.25) is 0 Å². The van der Waals surface area contributed by atoms with Crippen molar-refractivity contribution in [2.75, 3.05) is 0 Å². The quantitative estimate of drug-likeness (QED) is 0.648. The summed E-state index contributed by atoms with van der Waals surface area (Å²) in [6.07, 6.45) is 6.14. The molecule has 0 N–H and O–H groups in total. The summed E-state index contributed by atoms with van der Waals surface area (Å²) in [4.78, 5) is 4.48. The first kappa shape index (κ1) is 8.66. The zero-order valence-corrected chi connectivity index (χ0v) is 8.83. The molecule has 0 aromatic heterocycles. The lowest BCUT2D eigenvalue weighted by molar-refractivity contribution is 1.09. The molecule has 1 aliphatic heterocycles. The third kappa shape index (κ3) is 1.19. The first-order valence-corrected chi connectivity index (χ1v) is 5.45. The summed E-state index contributed by atoms with van der Waals surface area (Å²) >= 11 is 0. The van der Waals surface area contributed by atoms with Crippen LogP contribution in [0, 0.1) is 0 Å². The normalized spacial score (nSPS) is 17.5. The summed E-state index contributed by atoms with van der Waals surface area (Å²) in [6.45, 7) is 2.21. The minimum Gasteiger partial charge on any atom is -0.261 e. The van der Waals surface area contributed by atoms with Crippen LogP contribution in [0.25, 0.3) is 11.1 Å². The van der Waals surface area contributed by atoms with Crippen molar-refractivity contribution in [1.82, 2.24) is 0 Å². The molecule has 0 spiro atoms. The molecule has 1 nitrogen and oxygen atoms in total. The lowest BCUT2D eigenvalue weighted by Gasteiger charge is -2.24. The lowest BCUT2D eigenvalue weighted by atomic mass is 9.83. The van der Waals surface area contributed by atoms with Crippen molar-refractivity contribution in [2.24, 2.45) is 4.99 Å². The van der Waals surface area contributed by atoms with Crippen LogP contribution in [0.2, 0.25) is 0 Å². The minimum atomic E-state index is 1.01. The van der Waals surface area contributed by atoms with Gasteiger partial charge in [-0.25, -0.2) is 0 Å². The van der Waals surface area contributed by atoms with Gasteiger partial charge in [-0.15, -0.1) is 0 Å². The molecule has 0 radical (unpaired) electrons. The molecule has 0 amide bonds. The predicted molar refractivity (Wildman–Crippen MR) is 64.7 cm³/mol. The Morgan fingerprint density at radius 1 is 1.20 bits per heavy atom. The second kappa shape index (κ2) is 3.20. The number of dihydropyridines is 1. The minimum absolute atomic E-state index is 1.01. The van der Waals surface area contributed by atoms with Crippen molar-refractivity contribution in [3.05, 3.63) is 47.2 Å². The fourth-order valence-corrected chi connectivity index (χ4v) is 2.45. The summed E-state index contributed by atoms with van der Waals surface area (Å²) in [5, 5.41) is 0. The van der Waals surface area contributed by atoms with Gasteiger partial charge < -0.3 is 0 Å². The van der Waals surface area contributed by atoms with E-state index in [0.29, 0.717) is 0 Å². The Bertz CT molecular complexity index is 504. The fourth-order valence-electron chi connectivity index (χ4n) is 2.45. The Hall–Kier alpha value is -1.63. The predicted octanol–water partition coefficient (Wildman–Crippen LogP) is 3.68. The fraction of sp³-hybridized carbons (Fsp3) is 0.214.